The van der Waals surface area contributed by atoms with Crippen molar-refractivity contribution in [3.05, 3.63) is 87.3 Å². The number of hydrogen-bond acceptors (Lipinski definition) is 0. The average Bonchev–Trinajstić information content (AvgIpc) is 3.25. The Balaban J connectivity index is -0.0000000311. The third kappa shape index (κ3) is 54.4. The molecule has 0 unspecified atom stereocenters. The van der Waals surface area contributed by atoms with Crippen LogP contribution in [0.2, 0.25) is 0 Å². The van der Waals surface area contributed by atoms with E-state index >= 15 is 0 Å². The summed E-state index contributed by atoms with van der Waals surface area (Å²) in [7, 11) is 0. The van der Waals surface area contributed by atoms with Crippen LogP contribution in [0.15, 0.2) is 60.7 Å². The van der Waals surface area contributed by atoms with Crippen molar-refractivity contribution in [3.8, 4) is 0 Å². The molecule has 2 radical (unpaired) electrons. The Labute approximate surface area is 140 Å². The Morgan fingerprint density at radius 3 is 0.800 bits per heavy atom. The molecule has 0 saturated carbocycles. The maximum atomic E-state index is 7.50. The summed E-state index contributed by atoms with van der Waals surface area (Å²) in [6, 6.07) is 20.0. The first-order valence-corrected chi connectivity index (χ1v) is 4.15. The minimum atomic E-state index is 0. The first kappa shape index (κ1) is 36.3. The standard InChI is InChI=1S/2C5H5.4CO.2Fe/c2*1-2-4-5-3-1;4*1-2;;/h2*1-5H;;;;;;/q-5;-1;;;;;2*+5. The van der Waals surface area contributed by atoms with Gasteiger partial charge in [0.2, 0.25) is 0 Å². The molecule has 2 aromatic rings. The fourth-order valence-corrected chi connectivity index (χ4v) is 0.642. The molecule has 0 fully saturated rings. The summed E-state index contributed by atoms with van der Waals surface area (Å²) in [5.74, 6) is 0. The molecule has 0 saturated heterocycles. The van der Waals surface area contributed by atoms with Crippen molar-refractivity contribution in [2.24, 2.45) is 0 Å². The summed E-state index contributed by atoms with van der Waals surface area (Å²) in [6.07, 6.45) is 0. The van der Waals surface area contributed by atoms with Crippen molar-refractivity contribution in [2.45, 2.75) is 0 Å². The van der Waals surface area contributed by atoms with Crippen LogP contribution in [-0.4, -0.2) is 0 Å². The van der Waals surface area contributed by atoms with E-state index in [-0.39, 0.29) is 34.1 Å². The third-order valence-corrected chi connectivity index (χ3v) is 1.11. The molecule has 0 heterocycles. The molecule has 0 spiro atoms. The molecule has 20 heavy (non-hydrogen) atoms. The first-order chi connectivity index (χ1) is 9.00. The summed E-state index contributed by atoms with van der Waals surface area (Å²) in [5.41, 5.74) is 0. The van der Waals surface area contributed by atoms with Gasteiger partial charge in [-0.05, 0) is 0 Å². The summed E-state index contributed by atoms with van der Waals surface area (Å²) < 4.78 is 30.0. The zero-order valence-corrected chi connectivity index (χ0v) is 12.3. The maximum absolute atomic E-state index is 7.50. The normalized spacial score (nSPS) is 4.40. The van der Waals surface area contributed by atoms with Crippen LogP contribution in [0.1, 0.15) is 0 Å². The van der Waals surface area contributed by atoms with Crippen molar-refractivity contribution >= 4 is 0 Å². The van der Waals surface area contributed by atoms with Crippen molar-refractivity contribution in [2.75, 3.05) is 0 Å². The first-order valence-electron chi connectivity index (χ1n) is 4.15. The van der Waals surface area contributed by atoms with E-state index in [1.54, 1.807) is 0 Å². The molecule has 0 aromatic heterocycles. The van der Waals surface area contributed by atoms with Gasteiger partial charge >= 0.3 is 79.3 Å². The van der Waals surface area contributed by atoms with Gasteiger partial charge in [-0.25, -0.2) is 12.1 Å². The largest absolute Gasteiger partial charge is 5.00 e. The second-order valence-electron chi connectivity index (χ2n) is 1.92. The second-order valence-corrected chi connectivity index (χ2v) is 1.92. The molecule has 0 bridgehead atoms. The molecule has 0 aliphatic carbocycles. The molecule has 0 atom stereocenters. The van der Waals surface area contributed by atoms with E-state index in [4.69, 9.17) is 18.6 Å². The smallest absolute Gasteiger partial charge is 0.748 e. The van der Waals surface area contributed by atoms with Gasteiger partial charge < -0.3 is 30.3 Å². The van der Waals surface area contributed by atoms with Crippen LogP contribution in [0, 0.1) is 26.6 Å². The van der Waals surface area contributed by atoms with E-state index in [1.165, 1.54) is 0 Å². The van der Waals surface area contributed by atoms with Crippen LogP contribution >= 0.6 is 0 Å². The molecule has 2 rings (SSSR count). The monoisotopic (exact) mass is 354 g/mol. The minimum absolute atomic E-state index is 0. The zero-order valence-electron chi connectivity index (χ0n) is 10.1. The van der Waals surface area contributed by atoms with Crippen molar-refractivity contribution < 1.29 is 52.7 Å². The van der Waals surface area contributed by atoms with Gasteiger partial charge in [0, 0.05) is 0 Å². The Morgan fingerprint density at radius 1 is 0.500 bits per heavy atom. The molecule has 4 nitrogen and oxygen atoms in total. The van der Waals surface area contributed by atoms with Crippen LogP contribution in [0.5, 0.6) is 0 Å². The van der Waals surface area contributed by atoms with Gasteiger partial charge in [-0.2, -0.15) is 18.2 Å². The van der Waals surface area contributed by atoms with E-state index in [0.29, 0.717) is 0 Å². The Hall–Kier alpha value is -1.30. The SMILES string of the molecule is [C-]#[O+].[C-]#[O+].[C-]#[O+].[C-]#[O+].[Fe+5].[Fe+5].[cH-]1[cH-][cH-][cH-][cH-]1.c1cc[cH-]c1. The van der Waals surface area contributed by atoms with E-state index in [0.717, 1.165) is 0 Å². The summed E-state index contributed by atoms with van der Waals surface area (Å²) in [5, 5.41) is 0. The van der Waals surface area contributed by atoms with E-state index in [1.807, 2.05) is 60.7 Å². The van der Waals surface area contributed by atoms with E-state index in [2.05, 4.69) is 26.6 Å². The number of hydrogen-bond donors (Lipinski definition) is 0. The fourth-order valence-electron chi connectivity index (χ4n) is 0.642. The Kier molecular flexibility index (Phi) is 118. The summed E-state index contributed by atoms with van der Waals surface area (Å²) in [6.45, 7) is 18.0. The predicted octanol–water partition coefficient (Wildman–Crippen LogP) is 2.66. The van der Waals surface area contributed by atoms with Crippen LogP contribution in [-0.2, 0) is 52.7 Å². The van der Waals surface area contributed by atoms with Crippen molar-refractivity contribution in [3.63, 3.8) is 0 Å². The fraction of sp³-hybridized carbons (Fsp3) is 0. The molecular formula is C14H10Fe2O4+4. The zero-order chi connectivity index (χ0) is 15.1. The molecular weight excluding hydrogens is 344 g/mol. The minimum Gasteiger partial charge on any atom is -0.748 e. The van der Waals surface area contributed by atoms with Gasteiger partial charge in [-0.3, -0.25) is 0 Å². The van der Waals surface area contributed by atoms with Crippen LogP contribution in [0.4, 0.5) is 0 Å². The van der Waals surface area contributed by atoms with Crippen LogP contribution < -0.4 is 0 Å². The predicted molar refractivity (Wildman–Crippen MR) is 59.8 cm³/mol. The molecule has 0 aliphatic rings. The quantitative estimate of drug-likeness (QED) is 0.396. The van der Waals surface area contributed by atoms with Gasteiger partial charge in [0.1, 0.15) is 0 Å². The Bertz CT molecular complexity index is 274. The third-order valence-electron chi connectivity index (χ3n) is 1.11. The van der Waals surface area contributed by atoms with Crippen molar-refractivity contribution in [1.29, 1.82) is 0 Å². The maximum Gasteiger partial charge on any atom is 5.00 e. The molecule has 2 aromatic carbocycles. The van der Waals surface area contributed by atoms with Crippen LogP contribution in [0.25, 0.3) is 0 Å². The molecule has 102 valence electrons. The topological polar surface area (TPSA) is 79.6 Å². The molecule has 0 N–H and O–H groups in total. The summed E-state index contributed by atoms with van der Waals surface area (Å²) in [4.78, 5) is 0. The van der Waals surface area contributed by atoms with Gasteiger partial charge in [0.15, 0.2) is 0 Å². The van der Waals surface area contributed by atoms with Gasteiger partial charge in [0.05, 0.1) is 0 Å². The summed E-state index contributed by atoms with van der Waals surface area (Å²) >= 11 is 0. The molecule has 6 heteroatoms. The Morgan fingerprint density at radius 2 is 0.700 bits per heavy atom. The van der Waals surface area contributed by atoms with Gasteiger partial charge in [-0.1, -0.05) is 0 Å². The number of rotatable bonds is 0. The second kappa shape index (κ2) is 65.2. The van der Waals surface area contributed by atoms with E-state index < -0.39 is 0 Å². The van der Waals surface area contributed by atoms with Crippen molar-refractivity contribution in [1.82, 2.24) is 0 Å². The van der Waals surface area contributed by atoms with Crippen LogP contribution in [0.3, 0.4) is 0 Å². The van der Waals surface area contributed by atoms with Gasteiger partial charge in [-0.15, -0.1) is 0 Å². The molecule has 0 aliphatic heterocycles. The molecule has 0 amide bonds. The van der Waals surface area contributed by atoms with E-state index in [9.17, 15) is 0 Å². The van der Waals surface area contributed by atoms with Gasteiger partial charge in [0.25, 0.3) is 0 Å². The average molecular weight is 354 g/mol.